The standard InChI is InChI=1S/C16H21N5O2/c1-20-13(6-8-17-20)16(22)21-9-7-12(10-21)15-18-14(19-23-15)11-4-2-3-5-11/h6,8,11-12H,2-5,7,9-10H2,1H3. The summed E-state index contributed by atoms with van der Waals surface area (Å²) in [6.45, 7) is 1.35. The summed E-state index contributed by atoms with van der Waals surface area (Å²) in [4.78, 5) is 19.0. The molecule has 122 valence electrons. The molecule has 2 aromatic rings. The van der Waals surface area contributed by atoms with Gasteiger partial charge in [0.25, 0.3) is 5.91 Å². The number of nitrogens with zero attached hydrogens (tertiary/aromatic N) is 5. The first-order valence-corrected chi connectivity index (χ1v) is 8.33. The molecule has 0 N–H and O–H groups in total. The number of amides is 1. The second kappa shape index (κ2) is 5.79. The summed E-state index contributed by atoms with van der Waals surface area (Å²) in [5.41, 5.74) is 0.614. The molecule has 1 aliphatic carbocycles. The zero-order valence-corrected chi connectivity index (χ0v) is 13.3. The van der Waals surface area contributed by atoms with Crippen LogP contribution in [-0.2, 0) is 7.05 Å². The lowest BCUT2D eigenvalue weighted by atomic mass is 10.1. The third kappa shape index (κ3) is 2.64. The van der Waals surface area contributed by atoms with Crippen LogP contribution in [0, 0.1) is 0 Å². The molecule has 2 fully saturated rings. The number of rotatable bonds is 3. The first-order chi connectivity index (χ1) is 11.2. The summed E-state index contributed by atoms with van der Waals surface area (Å²) in [6, 6.07) is 1.75. The molecule has 7 nitrogen and oxygen atoms in total. The van der Waals surface area contributed by atoms with Crippen LogP contribution in [-0.4, -0.2) is 43.8 Å². The third-order valence-corrected chi connectivity index (χ3v) is 5.04. The van der Waals surface area contributed by atoms with E-state index in [4.69, 9.17) is 4.52 Å². The number of hydrogen-bond donors (Lipinski definition) is 0. The number of carbonyl (C=O) groups is 1. The SMILES string of the molecule is Cn1nccc1C(=O)N1CCC(c2nc(C3CCCC3)no2)C1. The van der Waals surface area contributed by atoms with Gasteiger partial charge in [0.05, 0.1) is 5.92 Å². The van der Waals surface area contributed by atoms with Gasteiger partial charge in [-0.05, 0) is 25.3 Å². The molecular weight excluding hydrogens is 294 g/mol. The second-order valence-electron chi connectivity index (χ2n) is 6.55. The Morgan fingerprint density at radius 3 is 2.83 bits per heavy atom. The zero-order chi connectivity index (χ0) is 15.8. The molecule has 4 rings (SSSR count). The van der Waals surface area contributed by atoms with Crippen molar-refractivity contribution in [2.75, 3.05) is 13.1 Å². The Balaban J connectivity index is 1.44. The Labute approximate surface area is 134 Å². The highest BCUT2D eigenvalue weighted by atomic mass is 16.5. The van der Waals surface area contributed by atoms with Gasteiger partial charge in [0.15, 0.2) is 5.82 Å². The summed E-state index contributed by atoms with van der Waals surface area (Å²) in [6.07, 6.45) is 7.35. The van der Waals surface area contributed by atoms with Gasteiger partial charge in [-0.3, -0.25) is 9.48 Å². The fourth-order valence-corrected chi connectivity index (χ4v) is 3.65. The normalized spacial score (nSPS) is 22.1. The number of aromatic nitrogens is 4. The van der Waals surface area contributed by atoms with Crippen molar-refractivity contribution < 1.29 is 9.32 Å². The Kier molecular flexibility index (Phi) is 3.63. The van der Waals surface area contributed by atoms with Crippen molar-refractivity contribution in [1.82, 2.24) is 24.8 Å². The van der Waals surface area contributed by atoms with Crippen LogP contribution < -0.4 is 0 Å². The Morgan fingerprint density at radius 2 is 2.09 bits per heavy atom. The van der Waals surface area contributed by atoms with E-state index in [1.807, 2.05) is 4.90 Å². The summed E-state index contributed by atoms with van der Waals surface area (Å²) >= 11 is 0. The molecule has 2 aliphatic rings. The van der Waals surface area contributed by atoms with Crippen molar-refractivity contribution in [2.45, 2.75) is 43.9 Å². The molecular formula is C16H21N5O2. The highest BCUT2D eigenvalue weighted by Crippen LogP contribution is 2.34. The highest BCUT2D eigenvalue weighted by Gasteiger charge is 2.33. The van der Waals surface area contributed by atoms with E-state index in [-0.39, 0.29) is 11.8 Å². The molecule has 0 radical (unpaired) electrons. The summed E-state index contributed by atoms with van der Waals surface area (Å²) in [5.74, 6) is 2.17. The molecule has 0 aromatic carbocycles. The molecule has 0 spiro atoms. The summed E-state index contributed by atoms with van der Waals surface area (Å²) < 4.78 is 7.10. The van der Waals surface area contributed by atoms with Crippen LogP contribution in [0.25, 0.3) is 0 Å². The molecule has 1 saturated heterocycles. The van der Waals surface area contributed by atoms with Gasteiger partial charge in [-0.25, -0.2) is 0 Å². The second-order valence-corrected chi connectivity index (χ2v) is 6.55. The lowest BCUT2D eigenvalue weighted by Gasteiger charge is -2.15. The van der Waals surface area contributed by atoms with E-state index in [1.165, 1.54) is 12.8 Å². The van der Waals surface area contributed by atoms with E-state index in [0.29, 0.717) is 24.0 Å². The first kappa shape index (κ1) is 14.4. The summed E-state index contributed by atoms with van der Waals surface area (Å²) in [5, 5.41) is 8.24. The number of hydrogen-bond acceptors (Lipinski definition) is 5. The van der Waals surface area contributed by atoms with Crippen LogP contribution in [0.5, 0.6) is 0 Å². The van der Waals surface area contributed by atoms with Crippen LogP contribution in [0.3, 0.4) is 0 Å². The molecule has 3 heterocycles. The number of carbonyl (C=O) groups excluding carboxylic acids is 1. The third-order valence-electron chi connectivity index (χ3n) is 5.04. The minimum atomic E-state index is 0.0167. The molecule has 1 saturated carbocycles. The molecule has 1 unspecified atom stereocenters. The smallest absolute Gasteiger partial charge is 0.272 e. The highest BCUT2D eigenvalue weighted by molar-refractivity contribution is 5.92. The lowest BCUT2D eigenvalue weighted by Crippen LogP contribution is -2.30. The van der Waals surface area contributed by atoms with Crippen LogP contribution in [0.2, 0.25) is 0 Å². The molecule has 1 atom stereocenters. The van der Waals surface area contributed by atoms with Crippen molar-refractivity contribution in [3.05, 3.63) is 29.7 Å². The minimum Gasteiger partial charge on any atom is -0.339 e. The molecule has 7 heteroatoms. The summed E-state index contributed by atoms with van der Waals surface area (Å²) in [7, 11) is 1.78. The molecule has 0 bridgehead atoms. The Bertz CT molecular complexity index is 701. The van der Waals surface area contributed by atoms with E-state index in [1.54, 1.807) is 24.0 Å². The predicted octanol–water partition coefficient (Wildman–Crippen LogP) is 2.09. The minimum absolute atomic E-state index is 0.0167. The van der Waals surface area contributed by atoms with Crippen LogP contribution >= 0.6 is 0 Å². The maximum absolute atomic E-state index is 12.5. The van der Waals surface area contributed by atoms with Crippen molar-refractivity contribution in [1.29, 1.82) is 0 Å². The molecule has 23 heavy (non-hydrogen) atoms. The van der Waals surface area contributed by atoms with E-state index in [9.17, 15) is 4.79 Å². The molecule has 2 aromatic heterocycles. The van der Waals surface area contributed by atoms with E-state index in [2.05, 4.69) is 15.2 Å². The molecule has 1 aliphatic heterocycles. The average molecular weight is 315 g/mol. The van der Waals surface area contributed by atoms with Crippen molar-refractivity contribution in [3.8, 4) is 0 Å². The molecule has 1 amide bonds. The monoisotopic (exact) mass is 315 g/mol. The average Bonchev–Trinajstić information content (AvgIpc) is 3.31. The largest absolute Gasteiger partial charge is 0.339 e. The van der Waals surface area contributed by atoms with Gasteiger partial charge >= 0.3 is 0 Å². The lowest BCUT2D eigenvalue weighted by molar-refractivity contribution is 0.0778. The van der Waals surface area contributed by atoms with Gasteiger partial charge in [-0.15, -0.1) is 0 Å². The van der Waals surface area contributed by atoms with E-state index in [0.717, 1.165) is 31.6 Å². The van der Waals surface area contributed by atoms with Gasteiger partial charge in [-0.1, -0.05) is 18.0 Å². The fraction of sp³-hybridized carbons (Fsp3) is 0.625. The Hall–Kier alpha value is -2.18. The van der Waals surface area contributed by atoms with Crippen LogP contribution in [0.4, 0.5) is 0 Å². The van der Waals surface area contributed by atoms with Crippen molar-refractivity contribution >= 4 is 5.91 Å². The van der Waals surface area contributed by atoms with E-state index >= 15 is 0 Å². The number of likely N-dealkylation sites (tertiary alicyclic amines) is 1. The predicted molar refractivity (Wildman–Crippen MR) is 82.0 cm³/mol. The van der Waals surface area contributed by atoms with E-state index < -0.39 is 0 Å². The zero-order valence-electron chi connectivity index (χ0n) is 13.3. The first-order valence-electron chi connectivity index (χ1n) is 8.33. The van der Waals surface area contributed by atoms with Crippen LogP contribution in [0.1, 0.15) is 66.1 Å². The maximum Gasteiger partial charge on any atom is 0.272 e. The van der Waals surface area contributed by atoms with Crippen molar-refractivity contribution in [3.63, 3.8) is 0 Å². The van der Waals surface area contributed by atoms with Gasteiger partial charge < -0.3 is 9.42 Å². The Morgan fingerprint density at radius 1 is 1.26 bits per heavy atom. The van der Waals surface area contributed by atoms with Gasteiger partial charge in [-0.2, -0.15) is 10.1 Å². The number of aryl methyl sites for hydroxylation is 1. The van der Waals surface area contributed by atoms with Gasteiger partial charge in [0.1, 0.15) is 5.69 Å². The fourth-order valence-electron chi connectivity index (χ4n) is 3.65. The maximum atomic E-state index is 12.5. The van der Waals surface area contributed by atoms with Crippen LogP contribution in [0.15, 0.2) is 16.8 Å². The van der Waals surface area contributed by atoms with Crippen molar-refractivity contribution in [2.24, 2.45) is 7.05 Å². The van der Waals surface area contributed by atoms with Gasteiger partial charge in [0.2, 0.25) is 5.89 Å². The van der Waals surface area contributed by atoms with Gasteiger partial charge in [0, 0.05) is 32.3 Å². The quantitative estimate of drug-likeness (QED) is 0.866. The topological polar surface area (TPSA) is 77.1 Å².